The minimum atomic E-state index is -5.08. The summed E-state index contributed by atoms with van der Waals surface area (Å²) in [4.78, 5) is 16.1. The number of likely N-dealkylation sites (tertiary alicyclic amines) is 1. The van der Waals surface area contributed by atoms with Gasteiger partial charge in [-0.05, 0) is 38.6 Å². The third kappa shape index (κ3) is 5.99. The standard InChI is InChI=1S/C22H27N3O2.C2HF3O2/c1-23-22-16-8-4-5-9-18(16)24-19-12-21(20(26-3)11-17(19)22)27-14-15-7-6-10-25(2)13-15;3-2(4,5)1(6)7/h4-5,8-9,11-12,15H,6-7,10,13-14H2,1-3H3,(H,23,24);(H,6,7). The molecule has 0 radical (unpaired) electrons. The van der Waals surface area contributed by atoms with Gasteiger partial charge in [-0.25, -0.2) is 9.78 Å². The number of alkyl halides is 3. The number of halogens is 3. The lowest BCUT2D eigenvalue weighted by atomic mass is 9.99. The Morgan fingerprint density at radius 2 is 1.91 bits per heavy atom. The van der Waals surface area contributed by atoms with Crippen LogP contribution in [0.3, 0.4) is 0 Å². The summed E-state index contributed by atoms with van der Waals surface area (Å²) in [6, 6.07) is 12.2. The van der Waals surface area contributed by atoms with Gasteiger partial charge in [-0.1, -0.05) is 18.2 Å². The summed E-state index contributed by atoms with van der Waals surface area (Å²) in [5.74, 6) is -0.683. The van der Waals surface area contributed by atoms with E-state index in [1.165, 1.54) is 19.4 Å². The summed E-state index contributed by atoms with van der Waals surface area (Å²) in [5, 5.41) is 12.6. The number of fused-ring (bicyclic) bond motifs is 2. The molecule has 1 atom stereocenters. The van der Waals surface area contributed by atoms with Crippen molar-refractivity contribution in [2.75, 3.05) is 46.2 Å². The number of nitrogens with one attached hydrogen (secondary N) is 1. The fourth-order valence-corrected chi connectivity index (χ4v) is 4.06. The van der Waals surface area contributed by atoms with E-state index in [2.05, 4.69) is 23.3 Å². The number of hydrogen-bond acceptors (Lipinski definition) is 6. The first-order chi connectivity index (χ1) is 16.1. The van der Waals surface area contributed by atoms with Crippen LogP contribution in [0.2, 0.25) is 0 Å². The summed E-state index contributed by atoms with van der Waals surface area (Å²) in [5.41, 5.74) is 2.95. The number of carbonyl (C=O) groups is 1. The van der Waals surface area contributed by atoms with Crippen molar-refractivity contribution in [1.29, 1.82) is 0 Å². The zero-order valence-electron chi connectivity index (χ0n) is 19.3. The number of benzene rings is 2. The topological polar surface area (TPSA) is 83.9 Å². The first-order valence-electron chi connectivity index (χ1n) is 10.8. The first kappa shape index (κ1) is 25.4. The lowest BCUT2D eigenvalue weighted by molar-refractivity contribution is -0.192. The highest BCUT2D eigenvalue weighted by atomic mass is 19.4. The second-order valence-electron chi connectivity index (χ2n) is 8.16. The second-order valence-corrected chi connectivity index (χ2v) is 8.16. The van der Waals surface area contributed by atoms with Gasteiger partial charge in [0.05, 0.1) is 30.4 Å². The highest BCUT2D eigenvalue weighted by Crippen LogP contribution is 2.38. The molecule has 0 bridgehead atoms. The number of pyridine rings is 1. The Kier molecular flexibility index (Phi) is 8.03. The van der Waals surface area contributed by atoms with Gasteiger partial charge in [-0.15, -0.1) is 0 Å². The van der Waals surface area contributed by atoms with Gasteiger partial charge in [0.2, 0.25) is 0 Å². The Morgan fingerprint density at radius 1 is 1.21 bits per heavy atom. The lowest BCUT2D eigenvalue weighted by Crippen LogP contribution is -2.34. The SMILES string of the molecule is CNc1c2ccccc2nc2cc(OCC3CCCN(C)C3)c(OC)cc12.O=C(O)C(F)(F)F. The van der Waals surface area contributed by atoms with Gasteiger partial charge in [0.1, 0.15) is 0 Å². The Labute approximate surface area is 195 Å². The third-order valence-electron chi connectivity index (χ3n) is 5.65. The van der Waals surface area contributed by atoms with Crippen molar-refractivity contribution < 1.29 is 32.5 Å². The van der Waals surface area contributed by atoms with Crippen molar-refractivity contribution in [2.24, 2.45) is 5.92 Å². The molecule has 1 aromatic heterocycles. The molecule has 1 aliphatic heterocycles. The van der Waals surface area contributed by atoms with Crippen LogP contribution in [0.4, 0.5) is 18.9 Å². The molecule has 1 unspecified atom stereocenters. The van der Waals surface area contributed by atoms with Crippen LogP contribution in [0.15, 0.2) is 36.4 Å². The monoisotopic (exact) mass is 479 g/mol. The number of anilines is 1. The van der Waals surface area contributed by atoms with E-state index in [0.29, 0.717) is 12.5 Å². The molecule has 0 spiro atoms. The van der Waals surface area contributed by atoms with E-state index >= 15 is 0 Å². The fourth-order valence-electron chi connectivity index (χ4n) is 4.06. The zero-order valence-corrected chi connectivity index (χ0v) is 19.3. The minimum Gasteiger partial charge on any atom is -0.493 e. The van der Waals surface area contributed by atoms with Crippen LogP contribution in [0, 0.1) is 5.92 Å². The number of para-hydroxylation sites is 1. The largest absolute Gasteiger partial charge is 0.493 e. The van der Waals surface area contributed by atoms with Crippen LogP contribution in [0.1, 0.15) is 12.8 Å². The van der Waals surface area contributed by atoms with Crippen molar-refractivity contribution in [3.63, 3.8) is 0 Å². The fraction of sp³-hybridized carbons (Fsp3) is 0.417. The van der Waals surface area contributed by atoms with E-state index in [9.17, 15) is 13.2 Å². The van der Waals surface area contributed by atoms with Crippen molar-refractivity contribution in [1.82, 2.24) is 9.88 Å². The summed E-state index contributed by atoms with van der Waals surface area (Å²) in [7, 11) is 5.81. The maximum atomic E-state index is 10.6. The third-order valence-corrected chi connectivity index (χ3v) is 5.65. The number of rotatable bonds is 5. The first-order valence-corrected chi connectivity index (χ1v) is 10.8. The molecule has 4 rings (SSSR count). The molecule has 1 saturated heterocycles. The van der Waals surface area contributed by atoms with Gasteiger partial charge in [-0.3, -0.25) is 0 Å². The summed E-state index contributed by atoms with van der Waals surface area (Å²) < 4.78 is 43.6. The van der Waals surface area contributed by atoms with E-state index in [-0.39, 0.29) is 0 Å². The number of carboxylic acid groups (broad SMARTS) is 1. The summed E-state index contributed by atoms with van der Waals surface area (Å²) in [6.07, 6.45) is -2.63. The Hall–Kier alpha value is -3.27. The zero-order chi connectivity index (χ0) is 24.9. The number of aromatic nitrogens is 1. The van der Waals surface area contributed by atoms with Crippen LogP contribution in [-0.2, 0) is 4.79 Å². The summed E-state index contributed by atoms with van der Waals surface area (Å²) >= 11 is 0. The van der Waals surface area contributed by atoms with Crippen molar-refractivity contribution in [2.45, 2.75) is 19.0 Å². The predicted molar refractivity (Wildman–Crippen MR) is 125 cm³/mol. The normalized spacial score (nSPS) is 16.6. The second kappa shape index (κ2) is 10.8. The maximum absolute atomic E-state index is 10.6. The van der Waals surface area contributed by atoms with Crippen LogP contribution < -0.4 is 14.8 Å². The van der Waals surface area contributed by atoms with Crippen molar-refractivity contribution in [3.05, 3.63) is 36.4 Å². The van der Waals surface area contributed by atoms with E-state index < -0.39 is 12.1 Å². The number of hydrogen-bond donors (Lipinski definition) is 2. The minimum absolute atomic E-state index is 0.557. The number of nitrogens with zero attached hydrogens (tertiary/aromatic N) is 2. The summed E-state index contributed by atoms with van der Waals surface area (Å²) in [6.45, 7) is 2.97. The van der Waals surface area contributed by atoms with Crippen LogP contribution >= 0.6 is 0 Å². The maximum Gasteiger partial charge on any atom is 0.490 e. The number of carboxylic acids is 1. The molecule has 2 aromatic carbocycles. The molecule has 10 heteroatoms. The Balaban J connectivity index is 0.000000406. The molecule has 34 heavy (non-hydrogen) atoms. The molecule has 0 saturated carbocycles. The van der Waals surface area contributed by atoms with Crippen LogP contribution in [0.25, 0.3) is 21.8 Å². The molecule has 1 fully saturated rings. The number of piperidine rings is 1. The van der Waals surface area contributed by atoms with Gasteiger partial charge in [0, 0.05) is 36.3 Å². The molecular weight excluding hydrogens is 451 g/mol. The Bertz CT molecular complexity index is 1150. The molecule has 184 valence electrons. The van der Waals surface area contributed by atoms with E-state index in [1.807, 2.05) is 37.4 Å². The van der Waals surface area contributed by atoms with Gasteiger partial charge in [0.15, 0.2) is 11.5 Å². The average molecular weight is 479 g/mol. The predicted octanol–water partition coefficient (Wildman–Crippen LogP) is 4.79. The number of methoxy groups -OCH3 is 1. The lowest BCUT2D eigenvalue weighted by Gasteiger charge is -2.29. The smallest absolute Gasteiger partial charge is 0.490 e. The van der Waals surface area contributed by atoms with Crippen LogP contribution in [-0.4, -0.2) is 68.0 Å². The van der Waals surface area contributed by atoms with Gasteiger partial charge in [-0.2, -0.15) is 13.2 Å². The number of aliphatic carboxylic acids is 1. The van der Waals surface area contributed by atoms with Crippen molar-refractivity contribution >= 4 is 33.5 Å². The molecule has 7 nitrogen and oxygen atoms in total. The Morgan fingerprint density at radius 3 is 2.53 bits per heavy atom. The highest BCUT2D eigenvalue weighted by molar-refractivity contribution is 6.08. The van der Waals surface area contributed by atoms with Gasteiger partial charge in [0.25, 0.3) is 0 Å². The van der Waals surface area contributed by atoms with Crippen molar-refractivity contribution in [3.8, 4) is 11.5 Å². The van der Waals surface area contributed by atoms with E-state index in [0.717, 1.165) is 45.5 Å². The highest BCUT2D eigenvalue weighted by Gasteiger charge is 2.38. The molecule has 2 N–H and O–H groups in total. The molecule has 2 heterocycles. The quantitative estimate of drug-likeness (QED) is 0.509. The average Bonchev–Trinajstić information content (AvgIpc) is 2.80. The van der Waals surface area contributed by atoms with Gasteiger partial charge >= 0.3 is 12.1 Å². The van der Waals surface area contributed by atoms with E-state index in [4.69, 9.17) is 24.4 Å². The molecule has 0 aliphatic carbocycles. The number of ether oxygens (including phenoxy) is 2. The van der Waals surface area contributed by atoms with Crippen LogP contribution in [0.5, 0.6) is 11.5 Å². The van der Waals surface area contributed by atoms with Gasteiger partial charge < -0.3 is 24.8 Å². The van der Waals surface area contributed by atoms with E-state index in [1.54, 1.807) is 7.11 Å². The molecule has 3 aromatic rings. The molecular formula is C24H28F3N3O4. The molecule has 1 aliphatic rings. The molecule has 0 amide bonds.